The van der Waals surface area contributed by atoms with E-state index >= 15 is 0 Å². The van der Waals surface area contributed by atoms with Crippen LogP contribution in [0.25, 0.3) is 21.5 Å². The minimum atomic E-state index is -0.165. The fraction of sp³-hybridized carbons (Fsp3) is 0.333. The van der Waals surface area contributed by atoms with E-state index in [4.69, 9.17) is 9.15 Å². The van der Waals surface area contributed by atoms with Gasteiger partial charge in [0, 0.05) is 31.2 Å². The zero-order valence-electron chi connectivity index (χ0n) is 15.4. The zero-order chi connectivity index (χ0) is 19.5. The van der Waals surface area contributed by atoms with Crippen LogP contribution in [-0.2, 0) is 11.3 Å². The van der Waals surface area contributed by atoms with Gasteiger partial charge in [0.1, 0.15) is 22.7 Å². The number of aromatic nitrogens is 5. The predicted molar refractivity (Wildman–Crippen MR) is 109 cm³/mol. The van der Waals surface area contributed by atoms with Gasteiger partial charge in [-0.2, -0.15) is 0 Å². The number of ether oxygens (including phenoxy) is 1. The molecular formula is C18H19N5O3S2. The van der Waals surface area contributed by atoms with E-state index in [0.29, 0.717) is 28.4 Å². The lowest BCUT2D eigenvalue weighted by Gasteiger charge is -2.11. The van der Waals surface area contributed by atoms with Crippen molar-refractivity contribution in [2.45, 2.75) is 30.3 Å². The number of thiophene rings is 1. The number of H-pyrrole nitrogens is 1. The molecule has 146 valence electrons. The third-order valence-electron chi connectivity index (χ3n) is 4.24. The number of hydrogen-bond donors (Lipinski definition) is 1. The number of thioether (sulfide) groups is 1. The largest absolute Gasteiger partial charge is 0.464 e. The highest BCUT2D eigenvalue weighted by molar-refractivity contribution is 7.99. The van der Waals surface area contributed by atoms with Gasteiger partial charge in [0.2, 0.25) is 0 Å². The number of aromatic amines is 1. The first-order valence-electron chi connectivity index (χ1n) is 8.76. The molecule has 10 heteroatoms. The van der Waals surface area contributed by atoms with Crippen molar-refractivity contribution in [3.05, 3.63) is 46.3 Å². The molecule has 4 aromatic heterocycles. The summed E-state index contributed by atoms with van der Waals surface area (Å²) in [5.74, 6) is 1.28. The molecule has 0 fully saturated rings. The summed E-state index contributed by atoms with van der Waals surface area (Å²) in [6.07, 6.45) is 4.18. The molecule has 28 heavy (non-hydrogen) atoms. The molecule has 0 amide bonds. The topological polar surface area (TPSA) is 98.8 Å². The maximum Gasteiger partial charge on any atom is 0.260 e. The number of nitrogens with one attached hydrogen (secondary N) is 1. The van der Waals surface area contributed by atoms with Gasteiger partial charge in [0.15, 0.2) is 5.16 Å². The van der Waals surface area contributed by atoms with Gasteiger partial charge in [-0.1, -0.05) is 11.8 Å². The van der Waals surface area contributed by atoms with Gasteiger partial charge in [-0.3, -0.25) is 4.79 Å². The summed E-state index contributed by atoms with van der Waals surface area (Å²) in [5, 5.41) is 11.3. The lowest BCUT2D eigenvalue weighted by molar-refractivity contribution is 0.189. The molecular weight excluding hydrogens is 398 g/mol. The Balaban J connectivity index is 1.58. The SMILES string of the molecule is COCCCn1cnnc1SC(C)c1nc2scc(-c3ccco3)c2c(=O)[nH]1. The van der Waals surface area contributed by atoms with Gasteiger partial charge in [-0.15, -0.1) is 21.5 Å². The average Bonchev–Trinajstić information content (AvgIpc) is 3.42. The summed E-state index contributed by atoms with van der Waals surface area (Å²) in [5.41, 5.74) is 0.602. The molecule has 0 aliphatic heterocycles. The van der Waals surface area contributed by atoms with Crippen molar-refractivity contribution in [2.75, 3.05) is 13.7 Å². The van der Waals surface area contributed by atoms with E-state index < -0.39 is 0 Å². The van der Waals surface area contributed by atoms with Gasteiger partial charge in [-0.25, -0.2) is 4.98 Å². The van der Waals surface area contributed by atoms with E-state index in [0.717, 1.165) is 23.7 Å². The van der Waals surface area contributed by atoms with Crippen LogP contribution in [0.5, 0.6) is 0 Å². The predicted octanol–water partition coefficient (Wildman–Crippen LogP) is 3.73. The monoisotopic (exact) mass is 417 g/mol. The Kier molecular flexibility index (Phi) is 5.60. The summed E-state index contributed by atoms with van der Waals surface area (Å²) >= 11 is 2.95. The lowest BCUT2D eigenvalue weighted by Crippen LogP contribution is -2.12. The Bertz CT molecular complexity index is 1120. The van der Waals surface area contributed by atoms with Crippen LogP contribution < -0.4 is 5.56 Å². The van der Waals surface area contributed by atoms with Crippen LogP contribution in [0.15, 0.2) is 44.5 Å². The maximum atomic E-state index is 12.7. The van der Waals surface area contributed by atoms with E-state index in [1.165, 1.54) is 23.1 Å². The van der Waals surface area contributed by atoms with Crippen molar-refractivity contribution in [1.82, 2.24) is 24.7 Å². The van der Waals surface area contributed by atoms with Crippen LogP contribution in [0.2, 0.25) is 0 Å². The first-order chi connectivity index (χ1) is 13.7. The number of furan rings is 1. The minimum absolute atomic E-state index is 0.0864. The number of rotatable bonds is 8. The molecule has 4 rings (SSSR count). The second-order valence-electron chi connectivity index (χ2n) is 6.17. The molecule has 1 atom stereocenters. The van der Waals surface area contributed by atoms with Crippen molar-refractivity contribution in [3.8, 4) is 11.3 Å². The van der Waals surface area contributed by atoms with Gasteiger partial charge in [0.05, 0.1) is 16.9 Å². The maximum absolute atomic E-state index is 12.7. The molecule has 1 unspecified atom stereocenters. The molecule has 0 aliphatic rings. The highest BCUT2D eigenvalue weighted by Gasteiger charge is 2.19. The quantitative estimate of drug-likeness (QED) is 0.344. The van der Waals surface area contributed by atoms with Crippen molar-refractivity contribution in [3.63, 3.8) is 0 Å². The molecule has 1 N–H and O–H groups in total. The molecule has 0 saturated carbocycles. The van der Waals surface area contributed by atoms with Crippen LogP contribution >= 0.6 is 23.1 Å². The van der Waals surface area contributed by atoms with Gasteiger partial charge < -0.3 is 18.7 Å². The Morgan fingerprint density at radius 3 is 3.14 bits per heavy atom. The highest BCUT2D eigenvalue weighted by atomic mass is 32.2. The molecule has 0 aliphatic carbocycles. The molecule has 0 saturated heterocycles. The van der Waals surface area contributed by atoms with Crippen molar-refractivity contribution in [1.29, 1.82) is 0 Å². The van der Waals surface area contributed by atoms with Crippen LogP contribution in [0.3, 0.4) is 0 Å². The van der Waals surface area contributed by atoms with E-state index in [-0.39, 0.29) is 10.8 Å². The zero-order valence-corrected chi connectivity index (χ0v) is 17.0. The normalized spacial score (nSPS) is 12.6. The summed E-state index contributed by atoms with van der Waals surface area (Å²) < 4.78 is 12.5. The standard InChI is InChI=1S/C18H19N5O3S2/c1-11(28-18-22-19-10-23(18)6-4-7-25-2)15-20-16(24)14-12(9-27-17(14)21-15)13-5-3-8-26-13/h3,5,8-11H,4,6-7H2,1-2H3,(H,20,21,24). The highest BCUT2D eigenvalue weighted by Crippen LogP contribution is 2.34. The molecule has 4 aromatic rings. The summed E-state index contributed by atoms with van der Waals surface area (Å²) in [6, 6.07) is 3.64. The number of aryl methyl sites for hydroxylation is 1. The van der Waals surface area contributed by atoms with Crippen LogP contribution in [0.4, 0.5) is 0 Å². The first kappa shape index (κ1) is 18.9. The Hall–Kier alpha value is -2.43. The third-order valence-corrected chi connectivity index (χ3v) is 6.22. The van der Waals surface area contributed by atoms with Gasteiger partial charge >= 0.3 is 0 Å². The van der Waals surface area contributed by atoms with E-state index in [1.54, 1.807) is 25.8 Å². The minimum Gasteiger partial charge on any atom is -0.464 e. The molecule has 0 aromatic carbocycles. The second-order valence-corrected chi connectivity index (χ2v) is 8.34. The van der Waals surface area contributed by atoms with Crippen molar-refractivity contribution < 1.29 is 9.15 Å². The van der Waals surface area contributed by atoms with E-state index in [1.807, 2.05) is 22.9 Å². The summed E-state index contributed by atoms with van der Waals surface area (Å²) in [4.78, 5) is 21.0. The summed E-state index contributed by atoms with van der Waals surface area (Å²) in [6.45, 7) is 3.44. The smallest absolute Gasteiger partial charge is 0.260 e. The first-order valence-corrected chi connectivity index (χ1v) is 10.5. The van der Waals surface area contributed by atoms with Crippen LogP contribution in [0.1, 0.15) is 24.4 Å². The van der Waals surface area contributed by atoms with Crippen LogP contribution in [-0.4, -0.2) is 38.4 Å². The molecule has 0 radical (unpaired) electrons. The lowest BCUT2D eigenvalue weighted by atomic mass is 10.2. The number of fused-ring (bicyclic) bond motifs is 1. The molecule has 0 spiro atoms. The number of hydrogen-bond acceptors (Lipinski definition) is 8. The fourth-order valence-electron chi connectivity index (χ4n) is 2.85. The van der Waals surface area contributed by atoms with E-state index in [9.17, 15) is 4.79 Å². The fourth-order valence-corrected chi connectivity index (χ4v) is 4.70. The Morgan fingerprint density at radius 2 is 2.36 bits per heavy atom. The Morgan fingerprint density at radius 1 is 1.46 bits per heavy atom. The van der Waals surface area contributed by atoms with Gasteiger partial charge in [-0.05, 0) is 25.5 Å². The van der Waals surface area contributed by atoms with Gasteiger partial charge in [0.25, 0.3) is 5.56 Å². The number of methoxy groups -OCH3 is 1. The summed E-state index contributed by atoms with van der Waals surface area (Å²) in [7, 11) is 1.68. The second kappa shape index (κ2) is 8.29. The van der Waals surface area contributed by atoms with E-state index in [2.05, 4.69) is 20.2 Å². The Labute approximate surface area is 169 Å². The number of nitrogens with zero attached hydrogens (tertiary/aromatic N) is 4. The molecule has 4 heterocycles. The average molecular weight is 418 g/mol. The third kappa shape index (κ3) is 3.75. The van der Waals surface area contributed by atoms with Crippen molar-refractivity contribution >= 4 is 33.3 Å². The molecule has 8 nitrogen and oxygen atoms in total. The molecule has 0 bridgehead atoms. The van der Waals surface area contributed by atoms with Crippen LogP contribution in [0, 0.1) is 0 Å². The van der Waals surface area contributed by atoms with Crippen molar-refractivity contribution in [2.24, 2.45) is 0 Å².